The van der Waals surface area contributed by atoms with E-state index in [0.717, 1.165) is 22.4 Å². The molecule has 0 saturated carbocycles. The van der Waals surface area contributed by atoms with Crippen molar-refractivity contribution in [1.82, 2.24) is 4.90 Å². The molecule has 100 valence electrons. The summed E-state index contributed by atoms with van der Waals surface area (Å²) in [6.07, 6.45) is 0.959. The second-order valence-corrected chi connectivity index (χ2v) is 4.56. The number of nitrogens with zero attached hydrogens (tertiary/aromatic N) is 1. The van der Waals surface area contributed by atoms with E-state index in [9.17, 15) is 14.4 Å². The minimum Gasteiger partial charge on any atom is -0.480 e. The molecule has 1 heterocycles. The van der Waals surface area contributed by atoms with E-state index in [0.29, 0.717) is 0 Å². The van der Waals surface area contributed by atoms with Crippen LogP contribution in [0.1, 0.15) is 30.4 Å². The van der Waals surface area contributed by atoms with Crippen molar-refractivity contribution in [1.29, 1.82) is 0 Å². The zero-order chi connectivity index (χ0) is 14.0. The van der Waals surface area contributed by atoms with Gasteiger partial charge in [-0.25, -0.2) is 0 Å². The molecule has 1 N–H and O–H groups in total. The summed E-state index contributed by atoms with van der Waals surface area (Å²) in [5.74, 6) is -2.56. The van der Waals surface area contributed by atoms with Crippen molar-refractivity contribution in [3.63, 3.8) is 0 Å². The first-order valence-corrected chi connectivity index (χ1v) is 6.17. The van der Waals surface area contributed by atoms with E-state index in [1.807, 2.05) is 31.2 Å². The standard InChI is InChI=1S/C14H15NO4/c1-2-9-3-5-10(6-4-9)11-7-12(16)15(14(11)19)8-13(17)18/h3-6,11H,2,7-8H2,1H3,(H,17,18). The first-order chi connectivity index (χ1) is 9.02. The van der Waals surface area contributed by atoms with Crippen LogP contribution in [0.25, 0.3) is 0 Å². The number of hydrogen-bond donors (Lipinski definition) is 1. The Morgan fingerprint density at radius 3 is 2.47 bits per heavy atom. The monoisotopic (exact) mass is 261 g/mol. The van der Waals surface area contributed by atoms with Gasteiger partial charge in [-0.15, -0.1) is 0 Å². The first-order valence-electron chi connectivity index (χ1n) is 6.17. The van der Waals surface area contributed by atoms with Crippen molar-refractivity contribution < 1.29 is 19.5 Å². The quantitative estimate of drug-likeness (QED) is 0.826. The predicted molar refractivity (Wildman–Crippen MR) is 67.5 cm³/mol. The number of imide groups is 1. The Morgan fingerprint density at radius 2 is 1.95 bits per heavy atom. The molecular weight excluding hydrogens is 246 g/mol. The molecule has 5 heteroatoms. The van der Waals surface area contributed by atoms with Gasteiger partial charge in [0.1, 0.15) is 6.54 Å². The van der Waals surface area contributed by atoms with Crippen LogP contribution in [-0.2, 0) is 20.8 Å². The van der Waals surface area contributed by atoms with Crippen LogP contribution in [0.3, 0.4) is 0 Å². The first kappa shape index (κ1) is 13.3. The molecule has 1 aromatic rings. The van der Waals surface area contributed by atoms with E-state index in [-0.39, 0.29) is 6.42 Å². The van der Waals surface area contributed by atoms with Gasteiger partial charge in [-0.3, -0.25) is 19.3 Å². The summed E-state index contributed by atoms with van der Waals surface area (Å²) in [7, 11) is 0. The molecule has 1 saturated heterocycles. The molecule has 0 aromatic heterocycles. The lowest BCUT2D eigenvalue weighted by Crippen LogP contribution is -2.35. The minimum atomic E-state index is -1.18. The van der Waals surface area contributed by atoms with E-state index in [2.05, 4.69) is 0 Å². The van der Waals surface area contributed by atoms with Gasteiger partial charge in [-0.2, -0.15) is 0 Å². The second kappa shape index (κ2) is 5.22. The summed E-state index contributed by atoms with van der Waals surface area (Å²) in [6.45, 7) is 1.48. The van der Waals surface area contributed by atoms with Gasteiger partial charge < -0.3 is 5.11 Å². The maximum Gasteiger partial charge on any atom is 0.323 e. The van der Waals surface area contributed by atoms with E-state index in [1.165, 1.54) is 0 Å². The average Bonchev–Trinajstić information content (AvgIpc) is 2.66. The lowest BCUT2D eigenvalue weighted by molar-refractivity contribution is -0.148. The normalized spacial score (nSPS) is 19.0. The maximum atomic E-state index is 12.0. The molecule has 0 aliphatic carbocycles. The number of hydrogen-bond acceptors (Lipinski definition) is 3. The van der Waals surface area contributed by atoms with Gasteiger partial charge >= 0.3 is 5.97 Å². The largest absolute Gasteiger partial charge is 0.480 e. The van der Waals surface area contributed by atoms with Crippen molar-refractivity contribution in [3.8, 4) is 0 Å². The number of carbonyl (C=O) groups is 3. The Labute approximate surface area is 110 Å². The third-order valence-corrected chi connectivity index (χ3v) is 3.33. The van der Waals surface area contributed by atoms with Crippen LogP contribution < -0.4 is 0 Å². The van der Waals surface area contributed by atoms with E-state index < -0.39 is 30.2 Å². The van der Waals surface area contributed by atoms with Gasteiger partial charge in [0.15, 0.2) is 0 Å². The Hall–Kier alpha value is -2.17. The van der Waals surface area contributed by atoms with Crippen LogP contribution in [0.5, 0.6) is 0 Å². The molecule has 2 amide bonds. The van der Waals surface area contributed by atoms with Crippen molar-refractivity contribution in [2.75, 3.05) is 6.54 Å². The van der Waals surface area contributed by atoms with Gasteiger partial charge in [0.25, 0.3) is 0 Å². The Kier molecular flexibility index (Phi) is 3.64. The molecule has 1 aliphatic heterocycles. The van der Waals surface area contributed by atoms with Crippen molar-refractivity contribution >= 4 is 17.8 Å². The fourth-order valence-electron chi connectivity index (χ4n) is 2.23. The lowest BCUT2D eigenvalue weighted by Gasteiger charge is -2.12. The highest BCUT2D eigenvalue weighted by atomic mass is 16.4. The molecule has 0 radical (unpaired) electrons. The highest BCUT2D eigenvalue weighted by molar-refractivity contribution is 6.07. The van der Waals surface area contributed by atoms with Crippen LogP contribution in [0, 0.1) is 0 Å². The number of carboxylic acids is 1. The SMILES string of the molecule is CCc1ccc(C2CC(=O)N(CC(=O)O)C2=O)cc1. The lowest BCUT2D eigenvalue weighted by atomic mass is 9.96. The van der Waals surface area contributed by atoms with Gasteiger partial charge in [-0.05, 0) is 17.5 Å². The number of rotatable bonds is 4. The fraction of sp³-hybridized carbons (Fsp3) is 0.357. The van der Waals surface area contributed by atoms with Crippen LogP contribution in [0.15, 0.2) is 24.3 Å². The Morgan fingerprint density at radius 1 is 1.32 bits per heavy atom. The number of carboxylic acid groups (broad SMARTS) is 1. The number of likely N-dealkylation sites (tertiary alicyclic amines) is 1. The molecule has 1 aliphatic rings. The number of carbonyl (C=O) groups excluding carboxylic acids is 2. The zero-order valence-electron chi connectivity index (χ0n) is 10.6. The van der Waals surface area contributed by atoms with Crippen LogP contribution >= 0.6 is 0 Å². The molecule has 2 rings (SSSR count). The fourth-order valence-corrected chi connectivity index (χ4v) is 2.23. The topological polar surface area (TPSA) is 74.7 Å². The zero-order valence-corrected chi connectivity index (χ0v) is 10.6. The molecule has 0 spiro atoms. The summed E-state index contributed by atoms with van der Waals surface area (Å²) in [6, 6.07) is 7.51. The second-order valence-electron chi connectivity index (χ2n) is 4.56. The summed E-state index contributed by atoms with van der Waals surface area (Å²) < 4.78 is 0. The van der Waals surface area contributed by atoms with Crippen LogP contribution in [0.2, 0.25) is 0 Å². The van der Waals surface area contributed by atoms with E-state index in [1.54, 1.807) is 0 Å². The average molecular weight is 261 g/mol. The Bertz CT molecular complexity index is 521. The molecule has 1 fully saturated rings. The molecule has 19 heavy (non-hydrogen) atoms. The Balaban J connectivity index is 2.19. The molecule has 0 bridgehead atoms. The third kappa shape index (κ3) is 2.65. The molecule has 1 aromatic carbocycles. The number of aryl methyl sites for hydroxylation is 1. The summed E-state index contributed by atoms with van der Waals surface area (Å²) in [4.78, 5) is 35.2. The smallest absolute Gasteiger partial charge is 0.323 e. The van der Waals surface area contributed by atoms with Crippen LogP contribution in [0.4, 0.5) is 0 Å². The van der Waals surface area contributed by atoms with Gasteiger partial charge in [0, 0.05) is 6.42 Å². The van der Waals surface area contributed by atoms with E-state index >= 15 is 0 Å². The number of benzene rings is 1. The molecule has 5 nitrogen and oxygen atoms in total. The predicted octanol–water partition coefficient (Wildman–Crippen LogP) is 1.18. The summed E-state index contributed by atoms with van der Waals surface area (Å²) >= 11 is 0. The number of amides is 2. The maximum absolute atomic E-state index is 12.0. The summed E-state index contributed by atoms with van der Waals surface area (Å²) in [5, 5.41) is 8.69. The third-order valence-electron chi connectivity index (χ3n) is 3.33. The molecule has 1 unspecified atom stereocenters. The molecule has 1 atom stereocenters. The number of aliphatic carboxylic acids is 1. The highest BCUT2D eigenvalue weighted by Crippen LogP contribution is 2.29. The van der Waals surface area contributed by atoms with Gasteiger partial charge in [0.2, 0.25) is 11.8 Å². The van der Waals surface area contributed by atoms with Crippen molar-refractivity contribution in [2.45, 2.75) is 25.7 Å². The van der Waals surface area contributed by atoms with Crippen molar-refractivity contribution in [3.05, 3.63) is 35.4 Å². The van der Waals surface area contributed by atoms with Gasteiger partial charge in [0.05, 0.1) is 5.92 Å². The van der Waals surface area contributed by atoms with Crippen LogP contribution in [-0.4, -0.2) is 34.3 Å². The van der Waals surface area contributed by atoms with Gasteiger partial charge in [-0.1, -0.05) is 31.2 Å². The van der Waals surface area contributed by atoms with E-state index in [4.69, 9.17) is 5.11 Å². The molecular formula is C14H15NO4. The summed E-state index contributed by atoms with van der Waals surface area (Å²) in [5.41, 5.74) is 1.92. The highest BCUT2D eigenvalue weighted by Gasteiger charge is 2.40. The minimum absolute atomic E-state index is 0.0532. The van der Waals surface area contributed by atoms with Crippen molar-refractivity contribution in [2.24, 2.45) is 0 Å².